The molecule has 5 nitrogen and oxygen atoms in total. The maximum Gasteiger partial charge on any atom is 0.374 e. The van der Waals surface area contributed by atoms with Crippen LogP contribution in [0.15, 0.2) is 10.5 Å². The zero-order valence-corrected chi connectivity index (χ0v) is 12.4. The van der Waals surface area contributed by atoms with Gasteiger partial charge in [-0.15, -0.1) is 0 Å². The summed E-state index contributed by atoms with van der Waals surface area (Å²) >= 11 is 0. The van der Waals surface area contributed by atoms with Crippen molar-refractivity contribution in [1.29, 1.82) is 0 Å². The maximum absolute atomic E-state index is 11.5. The van der Waals surface area contributed by atoms with Crippen molar-refractivity contribution in [3.63, 3.8) is 0 Å². The summed E-state index contributed by atoms with van der Waals surface area (Å²) in [5.74, 6) is 0.522. The van der Waals surface area contributed by atoms with Crippen LogP contribution in [0.4, 0.5) is 0 Å². The second-order valence-corrected chi connectivity index (χ2v) is 5.82. The Morgan fingerprint density at radius 3 is 2.75 bits per heavy atom. The van der Waals surface area contributed by atoms with E-state index in [2.05, 4.69) is 4.74 Å². The van der Waals surface area contributed by atoms with Crippen molar-refractivity contribution in [3.05, 3.63) is 23.2 Å². The summed E-state index contributed by atoms with van der Waals surface area (Å²) in [6.07, 6.45) is 3.91. The molecule has 0 aromatic carbocycles. The van der Waals surface area contributed by atoms with Crippen molar-refractivity contribution >= 4 is 5.97 Å². The van der Waals surface area contributed by atoms with Gasteiger partial charge < -0.3 is 14.3 Å². The first-order valence-corrected chi connectivity index (χ1v) is 7.02. The van der Waals surface area contributed by atoms with E-state index in [0.717, 1.165) is 31.2 Å². The molecule has 1 aliphatic rings. The van der Waals surface area contributed by atoms with Gasteiger partial charge >= 0.3 is 5.97 Å². The molecule has 0 atom stereocenters. The maximum atomic E-state index is 11.5. The van der Waals surface area contributed by atoms with Crippen molar-refractivity contribution in [2.45, 2.75) is 44.8 Å². The number of aryl methyl sites for hydroxylation is 1. The number of methoxy groups -OCH3 is 1. The number of carbonyl (C=O) groups excluding carboxylic acids is 1. The highest BCUT2D eigenvalue weighted by Crippen LogP contribution is 2.30. The first-order chi connectivity index (χ1) is 9.43. The third-order valence-corrected chi connectivity index (χ3v) is 3.86. The summed E-state index contributed by atoms with van der Waals surface area (Å²) in [5, 5.41) is 10.4. The van der Waals surface area contributed by atoms with E-state index in [1.807, 2.05) is 24.9 Å². The molecule has 1 aromatic rings. The minimum atomic E-state index is -0.568. The fourth-order valence-electron chi connectivity index (χ4n) is 2.94. The number of furan rings is 1. The molecular formula is C15H23NO4. The van der Waals surface area contributed by atoms with Gasteiger partial charge in [0.25, 0.3) is 0 Å². The number of nitrogens with zero attached hydrogens (tertiary/aromatic N) is 1. The summed E-state index contributed by atoms with van der Waals surface area (Å²) < 4.78 is 10.2. The molecule has 0 amide bonds. The van der Waals surface area contributed by atoms with E-state index in [1.54, 1.807) is 0 Å². The standard InChI is InChI=1S/C15H23NO4/c1-11-8-12(20-13(11)14(17)19-3)9-16(2)10-15(18)6-4-5-7-15/h8,18H,4-7,9-10H2,1-3H3. The molecular weight excluding hydrogens is 258 g/mol. The van der Waals surface area contributed by atoms with Gasteiger partial charge in [0, 0.05) is 12.1 Å². The van der Waals surface area contributed by atoms with Gasteiger partial charge in [-0.25, -0.2) is 4.79 Å². The highest BCUT2D eigenvalue weighted by Gasteiger charge is 2.32. The number of aliphatic hydroxyl groups is 1. The molecule has 5 heteroatoms. The van der Waals surface area contributed by atoms with E-state index < -0.39 is 11.6 Å². The van der Waals surface area contributed by atoms with Gasteiger partial charge in [-0.05, 0) is 32.9 Å². The molecule has 1 fully saturated rings. The quantitative estimate of drug-likeness (QED) is 0.838. The number of hydrogen-bond acceptors (Lipinski definition) is 5. The summed E-state index contributed by atoms with van der Waals surface area (Å²) in [4.78, 5) is 13.5. The number of ether oxygens (including phenoxy) is 1. The lowest BCUT2D eigenvalue weighted by atomic mass is 10.0. The monoisotopic (exact) mass is 281 g/mol. The Hall–Kier alpha value is -1.33. The van der Waals surface area contributed by atoms with Crippen molar-refractivity contribution in [3.8, 4) is 0 Å². The predicted molar refractivity (Wildman–Crippen MR) is 74.5 cm³/mol. The van der Waals surface area contributed by atoms with Crippen LogP contribution in [-0.4, -0.2) is 42.3 Å². The average molecular weight is 281 g/mol. The molecule has 1 aromatic heterocycles. The summed E-state index contributed by atoms with van der Waals surface area (Å²) in [7, 11) is 3.29. The van der Waals surface area contributed by atoms with E-state index >= 15 is 0 Å². The second-order valence-electron chi connectivity index (χ2n) is 5.82. The summed E-state index contributed by atoms with van der Waals surface area (Å²) in [6.45, 7) is 3.02. The second kappa shape index (κ2) is 5.97. The van der Waals surface area contributed by atoms with E-state index in [9.17, 15) is 9.90 Å². The Bertz CT molecular complexity index is 474. The SMILES string of the molecule is COC(=O)c1oc(CN(C)CC2(O)CCCC2)cc1C. The average Bonchev–Trinajstić information content (AvgIpc) is 2.95. The lowest BCUT2D eigenvalue weighted by molar-refractivity contribution is 0.0129. The van der Waals surface area contributed by atoms with Crippen molar-refractivity contribution in [2.75, 3.05) is 20.7 Å². The van der Waals surface area contributed by atoms with Crippen LogP contribution in [0.3, 0.4) is 0 Å². The molecule has 20 heavy (non-hydrogen) atoms. The van der Waals surface area contributed by atoms with Crippen LogP contribution in [0.2, 0.25) is 0 Å². The molecule has 0 radical (unpaired) electrons. The Labute approximate surface area is 119 Å². The molecule has 1 saturated carbocycles. The van der Waals surface area contributed by atoms with E-state index in [1.165, 1.54) is 7.11 Å². The van der Waals surface area contributed by atoms with Gasteiger partial charge in [0.1, 0.15) is 5.76 Å². The highest BCUT2D eigenvalue weighted by atomic mass is 16.5. The van der Waals surface area contributed by atoms with Crippen LogP contribution in [0.25, 0.3) is 0 Å². The molecule has 0 spiro atoms. The summed E-state index contributed by atoms with van der Waals surface area (Å²) in [5.41, 5.74) is 0.210. The fourth-order valence-corrected chi connectivity index (χ4v) is 2.94. The van der Waals surface area contributed by atoms with E-state index in [4.69, 9.17) is 4.42 Å². The van der Waals surface area contributed by atoms with Crippen LogP contribution in [0.1, 0.15) is 47.6 Å². The zero-order chi connectivity index (χ0) is 14.8. The van der Waals surface area contributed by atoms with Crippen molar-refractivity contribution in [1.82, 2.24) is 4.90 Å². The first-order valence-electron chi connectivity index (χ1n) is 7.02. The Balaban J connectivity index is 1.97. The van der Waals surface area contributed by atoms with Crippen LogP contribution in [-0.2, 0) is 11.3 Å². The minimum Gasteiger partial charge on any atom is -0.463 e. The highest BCUT2D eigenvalue weighted by molar-refractivity contribution is 5.87. The number of esters is 1. The Morgan fingerprint density at radius 2 is 2.15 bits per heavy atom. The lowest BCUT2D eigenvalue weighted by Crippen LogP contribution is -2.38. The van der Waals surface area contributed by atoms with Gasteiger partial charge in [-0.2, -0.15) is 0 Å². The molecule has 0 saturated heterocycles. The number of likely N-dealkylation sites (N-methyl/N-ethyl adjacent to an activating group) is 1. The third kappa shape index (κ3) is 3.41. The third-order valence-electron chi connectivity index (χ3n) is 3.86. The normalized spacial score (nSPS) is 17.6. The van der Waals surface area contributed by atoms with Crippen LogP contribution >= 0.6 is 0 Å². The summed E-state index contributed by atoms with van der Waals surface area (Å²) in [6, 6.07) is 1.85. The largest absolute Gasteiger partial charge is 0.463 e. The van der Waals surface area contributed by atoms with E-state index in [-0.39, 0.29) is 5.76 Å². The van der Waals surface area contributed by atoms with Crippen LogP contribution in [0.5, 0.6) is 0 Å². The van der Waals surface area contributed by atoms with Crippen molar-refractivity contribution < 1.29 is 19.1 Å². The molecule has 2 rings (SSSR count). The van der Waals surface area contributed by atoms with Gasteiger partial charge in [0.05, 0.1) is 19.3 Å². The van der Waals surface area contributed by atoms with Crippen LogP contribution in [0, 0.1) is 6.92 Å². The number of rotatable bonds is 5. The molecule has 1 N–H and O–H groups in total. The topological polar surface area (TPSA) is 62.9 Å². The van der Waals surface area contributed by atoms with Crippen molar-refractivity contribution in [2.24, 2.45) is 0 Å². The molecule has 0 unspecified atom stereocenters. The zero-order valence-electron chi connectivity index (χ0n) is 12.4. The Kier molecular flexibility index (Phi) is 4.50. The van der Waals surface area contributed by atoms with Crippen LogP contribution < -0.4 is 0 Å². The van der Waals surface area contributed by atoms with Gasteiger partial charge in [0.15, 0.2) is 0 Å². The molecule has 1 heterocycles. The minimum absolute atomic E-state index is 0.260. The van der Waals surface area contributed by atoms with Gasteiger partial charge in [-0.1, -0.05) is 12.8 Å². The van der Waals surface area contributed by atoms with Gasteiger partial charge in [-0.3, -0.25) is 4.90 Å². The first kappa shape index (κ1) is 15.1. The molecule has 0 aliphatic heterocycles. The molecule has 1 aliphatic carbocycles. The lowest BCUT2D eigenvalue weighted by Gasteiger charge is -2.27. The molecule has 0 bridgehead atoms. The molecule has 112 valence electrons. The van der Waals surface area contributed by atoms with Gasteiger partial charge in [0.2, 0.25) is 5.76 Å². The fraction of sp³-hybridized carbons (Fsp3) is 0.667. The number of carbonyl (C=O) groups is 1. The Morgan fingerprint density at radius 1 is 1.50 bits per heavy atom. The predicted octanol–water partition coefficient (Wildman–Crippen LogP) is 2.11. The number of hydrogen-bond donors (Lipinski definition) is 1. The smallest absolute Gasteiger partial charge is 0.374 e. The van der Waals surface area contributed by atoms with E-state index in [0.29, 0.717) is 18.8 Å².